The van der Waals surface area contributed by atoms with Crippen molar-refractivity contribution < 1.29 is 14.4 Å². The number of para-hydroxylation sites is 2. The third-order valence-electron chi connectivity index (χ3n) is 7.81. The number of primary amides is 1. The second kappa shape index (κ2) is 11.7. The van der Waals surface area contributed by atoms with Gasteiger partial charge in [-0.15, -0.1) is 11.8 Å². The number of fused-ring (bicyclic) bond motifs is 2. The maximum absolute atomic E-state index is 15.0. The van der Waals surface area contributed by atoms with Crippen LogP contribution in [0.2, 0.25) is 0 Å². The van der Waals surface area contributed by atoms with E-state index < -0.39 is 23.1 Å². The molecule has 0 saturated heterocycles. The number of rotatable bonds is 8. The van der Waals surface area contributed by atoms with Gasteiger partial charge < -0.3 is 16.0 Å². The number of aromatic nitrogens is 1. The smallest absolute Gasteiger partial charge is 0.343 e. The summed E-state index contributed by atoms with van der Waals surface area (Å²) in [4.78, 5) is 45.6. The van der Waals surface area contributed by atoms with E-state index in [1.54, 1.807) is 6.07 Å². The average molecular weight is 576 g/mol. The molecule has 2 heterocycles. The third kappa shape index (κ3) is 5.34. The van der Waals surface area contributed by atoms with E-state index >= 15 is 4.79 Å². The zero-order valence-corrected chi connectivity index (χ0v) is 23.7. The van der Waals surface area contributed by atoms with E-state index in [1.807, 2.05) is 109 Å². The van der Waals surface area contributed by atoms with Gasteiger partial charge in [0.25, 0.3) is 11.8 Å². The Balaban J connectivity index is 1.48. The molecule has 1 aliphatic rings. The Bertz CT molecular complexity index is 1720. The van der Waals surface area contributed by atoms with Crippen molar-refractivity contribution in [1.29, 1.82) is 0 Å². The molecule has 0 radical (unpaired) electrons. The van der Waals surface area contributed by atoms with Crippen LogP contribution in [0.5, 0.6) is 0 Å². The predicted molar refractivity (Wildman–Crippen MR) is 167 cm³/mol. The molecule has 4 aromatic carbocycles. The molecule has 3 atom stereocenters. The van der Waals surface area contributed by atoms with Gasteiger partial charge in [0.05, 0.1) is 16.7 Å². The van der Waals surface area contributed by atoms with Gasteiger partial charge in [-0.05, 0) is 29.3 Å². The quantitative estimate of drug-likeness (QED) is 0.216. The van der Waals surface area contributed by atoms with Gasteiger partial charge in [0.2, 0.25) is 0 Å². The summed E-state index contributed by atoms with van der Waals surface area (Å²) in [6.45, 7) is 0.0904. The second-order valence-electron chi connectivity index (χ2n) is 10.5. The lowest BCUT2D eigenvalue weighted by atomic mass is 10.0. The number of carbonyl (C=O) groups is 3. The van der Waals surface area contributed by atoms with Crippen LogP contribution in [-0.4, -0.2) is 41.8 Å². The van der Waals surface area contributed by atoms with Gasteiger partial charge in [-0.25, -0.2) is 9.28 Å². The lowest BCUT2D eigenvalue weighted by Gasteiger charge is -2.36. The Kier molecular flexibility index (Phi) is 7.65. The molecule has 4 N–H and O–H groups in total. The van der Waals surface area contributed by atoms with Crippen LogP contribution in [0, 0.1) is 0 Å². The van der Waals surface area contributed by atoms with E-state index in [0.29, 0.717) is 24.3 Å². The molecule has 1 aromatic heterocycles. The summed E-state index contributed by atoms with van der Waals surface area (Å²) in [5.41, 5.74) is 9.71. The van der Waals surface area contributed by atoms with Crippen LogP contribution < -0.4 is 15.5 Å². The van der Waals surface area contributed by atoms with E-state index in [1.165, 1.54) is 11.8 Å². The zero-order valence-electron chi connectivity index (χ0n) is 22.9. The molecule has 210 valence electrons. The maximum atomic E-state index is 15.0. The van der Waals surface area contributed by atoms with Crippen molar-refractivity contribution in [2.75, 3.05) is 13.1 Å². The number of amides is 3. The molecular formula is C34H31N4O3S+. The number of aromatic amines is 1. The van der Waals surface area contributed by atoms with Crippen molar-refractivity contribution in [3.63, 3.8) is 0 Å². The zero-order chi connectivity index (χ0) is 29.1. The summed E-state index contributed by atoms with van der Waals surface area (Å²) in [5.74, 6) is -1.26. The first-order valence-corrected chi connectivity index (χ1v) is 14.8. The topological polar surface area (TPSA) is 105 Å². The number of hydrogen-bond donors (Lipinski definition) is 3. The molecule has 0 bridgehead atoms. The largest absolute Gasteiger partial charge is 0.365 e. The Hall–Kier alpha value is -4.66. The Morgan fingerprint density at radius 2 is 1.52 bits per heavy atom. The number of quaternary nitrogens is 1. The van der Waals surface area contributed by atoms with E-state index in [0.717, 1.165) is 26.9 Å². The molecule has 1 aliphatic heterocycles. The van der Waals surface area contributed by atoms with Crippen molar-refractivity contribution in [1.82, 2.24) is 14.8 Å². The van der Waals surface area contributed by atoms with Gasteiger partial charge in [0.15, 0.2) is 18.3 Å². The van der Waals surface area contributed by atoms with E-state index in [-0.39, 0.29) is 16.9 Å². The fraction of sp³-hybridized carbons (Fsp3) is 0.147. The minimum atomic E-state index is -0.959. The summed E-state index contributed by atoms with van der Waals surface area (Å²) < 4.78 is -0.297. The van der Waals surface area contributed by atoms with Crippen LogP contribution in [0.3, 0.4) is 0 Å². The van der Waals surface area contributed by atoms with Crippen molar-refractivity contribution in [3.05, 3.63) is 132 Å². The number of thioether (sulfide) groups is 1. The molecular weight excluding hydrogens is 544 g/mol. The van der Waals surface area contributed by atoms with E-state index in [4.69, 9.17) is 5.73 Å². The monoisotopic (exact) mass is 575 g/mol. The third-order valence-corrected chi connectivity index (χ3v) is 9.21. The van der Waals surface area contributed by atoms with Crippen LogP contribution in [-0.2, 0) is 16.0 Å². The number of nitrogens with zero attached hydrogens (tertiary/aromatic N) is 1. The molecule has 6 rings (SSSR count). The van der Waals surface area contributed by atoms with Crippen LogP contribution in [0.15, 0.2) is 120 Å². The fourth-order valence-electron chi connectivity index (χ4n) is 5.79. The summed E-state index contributed by atoms with van der Waals surface area (Å²) in [6.07, 6.45) is 0.539. The molecule has 8 heteroatoms. The Morgan fingerprint density at radius 3 is 2.26 bits per heavy atom. The van der Waals surface area contributed by atoms with Crippen molar-refractivity contribution in [2.45, 2.75) is 22.6 Å². The minimum absolute atomic E-state index is 0.219. The maximum Gasteiger partial charge on any atom is 0.343 e. The second-order valence-corrected chi connectivity index (χ2v) is 11.7. The molecule has 7 nitrogen and oxygen atoms in total. The van der Waals surface area contributed by atoms with Crippen LogP contribution in [0.25, 0.3) is 10.9 Å². The average Bonchev–Trinajstić information content (AvgIpc) is 3.43. The van der Waals surface area contributed by atoms with Crippen molar-refractivity contribution in [3.8, 4) is 0 Å². The molecule has 3 amide bonds. The minimum Gasteiger partial charge on any atom is -0.365 e. The standard InChI is InChI=1S/C34H30N4O3S/c35-30(39)22-38(20-19-23-11-3-1-4-12-23)28-17-9-10-18-29(28)42-32(24-13-5-2-6-14-24)31(34(38)41)37-33(40)27-21-25-15-7-8-16-26(25)36-27/h1-18,21,31-32H,19-20,22H2,(H3-,35,36,37,39,40)/p+1/t31-,32-,38?/m1/s1. The Morgan fingerprint density at radius 1 is 0.857 bits per heavy atom. The lowest BCUT2D eigenvalue weighted by molar-refractivity contribution is -0.136. The van der Waals surface area contributed by atoms with E-state index in [2.05, 4.69) is 10.3 Å². The molecule has 0 fully saturated rings. The summed E-state index contributed by atoms with van der Waals surface area (Å²) >= 11 is 1.52. The summed E-state index contributed by atoms with van der Waals surface area (Å²) in [6, 6.07) is 35.7. The van der Waals surface area contributed by atoms with Crippen molar-refractivity contribution in [2.24, 2.45) is 5.73 Å². The van der Waals surface area contributed by atoms with Gasteiger partial charge in [-0.3, -0.25) is 9.59 Å². The number of hydrogen-bond acceptors (Lipinski definition) is 4. The first-order chi connectivity index (χ1) is 20.4. The molecule has 0 saturated carbocycles. The number of benzene rings is 4. The Labute approximate surface area is 248 Å². The van der Waals surface area contributed by atoms with Gasteiger partial charge >= 0.3 is 5.91 Å². The first kappa shape index (κ1) is 27.5. The molecule has 0 spiro atoms. The fourth-order valence-corrected chi connectivity index (χ4v) is 7.20. The highest BCUT2D eigenvalue weighted by Gasteiger charge is 2.52. The highest BCUT2D eigenvalue weighted by molar-refractivity contribution is 7.99. The van der Waals surface area contributed by atoms with Gasteiger partial charge in [-0.1, -0.05) is 91.0 Å². The molecule has 1 unspecified atom stereocenters. The number of nitrogens with one attached hydrogen (secondary N) is 2. The highest BCUT2D eigenvalue weighted by Crippen LogP contribution is 2.48. The van der Waals surface area contributed by atoms with E-state index in [9.17, 15) is 9.59 Å². The summed E-state index contributed by atoms with van der Waals surface area (Å²) in [5, 5.41) is 3.54. The SMILES string of the molecule is NC(=O)C[N+]1(CCc2ccccc2)C(=O)[C@H](NC(=O)c2cc3ccccc3[nH]2)[C@@H](c2ccccc2)Sc2ccccc21. The van der Waals surface area contributed by atoms with Gasteiger partial charge in [0.1, 0.15) is 5.69 Å². The summed E-state index contributed by atoms with van der Waals surface area (Å²) in [7, 11) is 0. The van der Waals surface area contributed by atoms with Crippen LogP contribution >= 0.6 is 11.8 Å². The van der Waals surface area contributed by atoms with Crippen LogP contribution in [0.4, 0.5) is 5.69 Å². The number of carbonyl (C=O) groups excluding carboxylic acids is 3. The van der Waals surface area contributed by atoms with Crippen molar-refractivity contribution >= 4 is 46.1 Å². The first-order valence-electron chi connectivity index (χ1n) is 13.9. The molecule has 42 heavy (non-hydrogen) atoms. The lowest BCUT2D eigenvalue weighted by Crippen LogP contribution is -2.65. The normalized spacial score (nSPS) is 20.0. The number of nitrogens with two attached hydrogens (primary N) is 1. The molecule has 0 aliphatic carbocycles. The number of H-pyrrole nitrogens is 1. The van der Waals surface area contributed by atoms with Crippen LogP contribution in [0.1, 0.15) is 26.9 Å². The van der Waals surface area contributed by atoms with Gasteiger partial charge in [0, 0.05) is 23.4 Å². The highest BCUT2D eigenvalue weighted by atomic mass is 32.2. The predicted octanol–water partition coefficient (Wildman–Crippen LogP) is 5.38. The molecule has 5 aromatic rings. The van der Waals surface area contributed by atoms with Gasteiger partial charge in [-0.2, -0.15) is 0 Å².